The van der Waals surface area contributed by atoms with Gasteiger partial charge in [-0.15, -0.1) is 10.2 Å². The van der Waals surface area contributed by atoms with E-state index in [-0.39, 0.29) is 11.7 Å². The number of methoxy groups -OCH3 is 1. The quantitative estimate of drug-likeness (QED) is 0.562. The van der Waals surface area contributed by atoms with Crippen LogP contribution < -0.4 is 10.1 Å². The van der Waals surface area contributed by atoms with Crippen LogP contribution in [-0.2, 0) is 11.8 Å². The van der Waals surface area contributed by atoms with Crippen LogP contribution >= 0.6 is 23.4 Å². The zero-order chi connectivity index (χ0) is 20.4. The van der Waals surface area contributed by atoms with Crippen LogP contribution in [-0.4, -0.2) is 33.5 Å². The van der Waals surface area contributed by atoms with Crippen molar-refractivity contribution in [2.45, 2.75) is 23.4 Å². The van der Waals surface area contributed by atoms with E-state index < -0.39 is 0 Å². The lowest BCUT2D eigenvalue weighted by molar-refractivity contribution is -0.113. The molecule has 2 aromatic carbocycles. The fourth-order valence-electron chi connectivity index (χ4n) is 3.42. The Morgan fingerprint density at radius 2 is 2.03 bits per heavy atom. The summed E-state index contributed by atoms with van der Waals surface area (Å²) >= 11 is 7.37. The van der Waals surface area contributed by atoms with Gasteiger partial charge in [0.15, 0.2) is 5.16 Å². The Labute approximate surface area is 178 Å². The number of anilines is 1. The second kappa shape index (κ2) is 8.47. The number of nitrogens with one attached hydrogen (secondary N) is 1. The van der Waals surface area contributed by atoms with Gasteiger partial charge in [0.05, 0.1) is 18.6 Å². The molecule has 1 saturated carbocycles. The van der Waals surface area contributed by atoms with Crippen LogP contribution in [0.5, 0.6) is 5.75 Å². The number of rotatable bonds is 7. The van der Waals surface area contributed by atoms with Gasteiger partial charge in [0.2, 0.25) is 5.91 Å². The molecule has 3 aromatic rings. The van der Waals surface area contributed by atoms with E-state index in [1.807, 2.05) is 17.7 Å². The number of ether oxygens (including phenoxy) is 1. The fraction of sp³-hybridized carbons (Fsp3) is 0.286. The molecule has 8 heteroatoms. The van der Waals surface area contributed by atoms with Crippen LogP contribution in [0.1, 0.15) is 29.6 Å². The standard InChI is InChI=1S/C21H21ClN4O2S/c1-26-20(16-11-15(16)13-6-4-3-5-7-13)24-25-21(26)29-12-19(27)23-17-10-14(22)8-9-18(17)28-2/h3-10,15-16H,11-12H2,1-2H3,(H,23,27). The molecule has 0 saturated heterocycles. The number of hydrogen-bond acceptors (Lipinski definition) is 5. The number of halogens is 1. The van der Waals surface area contributed by atoms with Crippen molar-refractivity contribution in [3.63, 3.8) is 0 Å². The summed E-state index contributed by atoms with van der Waals surface area (Å²) in [6, 6.07) is 15.6. The molecule has 1 N–H and O–H groups in total. The summed E-state index contributed by atoms with van der Waals surface area (Å²) in [6.07, 6.45) is 1.08. The van der Waals surface area contributed by atoms with E-state index in [4.69, 9.17) is 16.3 Å². The van der Waals surface area contributed by atoms with Gasteiger partial charge < -0.3 is 14.6 Å². The lowest BCUT2D eigenvalue weighted by Gasteiger charge is -2.10. The van der Waals surface area contributed by atoms with Gasteiger partial charge in [-0.05, 0) is 36.1 Å². The minimum absolute atomic E-state index is 0.159. The number of benzene rings is 2. The van der Waals surface area contributed by atoms with E-state index in [2.05, 4.69) is 39.8 Å². The molecular formula is C21H21ClN4O2S. The van der Waals surface area contributed by atoms with Crippen LogP contribution in [0.3, 0.4) is 0 Å². The summed E-state index contributed by atoms with van der Waals surface area (Å²) in [5.41, 5.74) is 1.89. The monoisotopic (exact) mass is 428 g/mol. The first-order chi connectivity index (χ1) is 14.1. The number of nitrogens with zero attached hydrogens (tertiary/aromatic N) is 3. The van der Waals surface area contributed by atoms with Gasteiger partial charge in [-0.1, -0.05) is 53.7 Å². The molecule has 29 heavy (non-hydrogen) atoms. The highest BCUT2D eigenvalue weighted by atomic mass is 35.5. The molecule has 6 nitrogen and oxygen atoms in total. The summed E-state index contributed by atoms with van der Waals surface area (Å²) in [4.78, 5) is 12.4. The summed E-state index contributed by atoms with van der Waals surface area (Å²) in [5.74, 6) is 2.47. The van der Waals surface area contributed by atoms with Gasteiger partial charge in [0.1, 0.15) is 11.6 Å². The van der Waals surface area contributed by atoms with E-state index in [1.54, 1.807) is 25.3 Å². The number of carbonyl (C=O) groups is 1. The van der Waals surface area contributed by atoms with E-state index in [9.17, 15) is 4.79 Å². The predicted octanol–water partition coefficient (Wildman–Crippen LogP) is 4.48. The Morgan fingerprint density at radius 1 is 1.24 bits per heavy atom. The SMILES string of the molecule is COc1ccc(Cl)cc1NC(=O)CSc1nnc(C2CC2c2ccccc2)n1C. The first-order valence-corrected chi connectivity index (χ1v) is 10.6. The summed E-state index contributed by atoms with van der Waals surface area (Å²) in [6.45, 7) is 0. The molecule has 0 aliphatic heterocycles. The van der Waals surface area contributed by atoms with Gasteiger partial charge in [-0.3, -0.25) is 4.79 Å². The molecule has 150 valence electrons. The normalized spacial score (nSPS) is 17.8. The van der Waals surface area contributed by atoms with E-state index in [1.165, 1.54) is 17.3 Å². The second-order valence-electron chi connectivity index (χ2n) is 6.94. The third-order valence-electron chi connectivity index (χ3n) is 4.99. The maximum absolute atomic E-state index is 12.4. The molecule has 0 radical (unpaired) electrons. The van der Waals surface area contributed by atoms with Gasteiger partial charge in [0.25, 0.3) is 0 Å². The average Bonchev–Trinajstić information content (AvgIpc) is 3.43. The van der Waals surface area contributed by atoms with Gasteiger partial charge in [0, 0.05) is 18.0 Å². The zero-order valence-corrected chi connectivity index (χ0v) is 17.7. The predicted molar refractivity (Wildman–Crippen MR) is 115 cm³/mol. The van der Waals surface area contributed by atoms with Gasteiger partial charge >= 0.3 is 0 Å². The summed E-state index contributed by atoms with van der Waals surface area (Å²) < 4.78 is 7.25. The summed E-state index contributed by atoms with van der Waals surface area (Å²) in [5, 5.41) is 12.8. The van der Waals surface area contributed by atoms with Crippen molar-refractivity contribution in [2.24, 2.45) is 7.05 Å². The van der Waals surface area contributed by atoms with Crippen molar-refractivity contribution < 1.29 is 9.53 Å². The van der Waals surface area contributed by atoms with E-state index in [0.29, 0.717) is 28.3 Å². The van der Waals surface area contributed by atoms with Crippen LogP contribution in [0.15, 0.2) is 53.7 Å². The number of hydrogen-bond donors (Lipinski definition) is 1. The number of aromatic nitrogens is 3. The van der Waals surface area contributed by atoms with Crippen molar-refractivity contribution in [2.75, 3.05) is 18.2 Å². The molecule has 0 bridgehead atoms. The first kappa shape index (κ1) is 19.8. The highest BCUT2D eigenvalue weighted by Gasteiger charge is 2.42. The van der Waals surface area contributed by atoms with Crippen LogP contribution in [0, 0.1) is 0 Å². The molecule has 2 unspecified atom stereocenters. The minimum Gasteiger partial charge on any atom is -0.495 e. The largest absolute Gasteiger partial charge is 0.495 e. The Bertz CT molecular complexity index is 1020. The van der Waals surface area contributed by atoms with Crippen molar-refractivity contribution >= 4 is 35.0 Å². The van der Waals surface area contributed by atoms with Gasteiger partial charge in [-0.25, -0.2) is 0 Å². The third-order valence-corrected chi connectivity index (χ3v) is 6.24. The van der Waals surface area contributed by atoms with Crippen LogP contribution in [0.4, 0.5) is 5.69 Å². The smallest absolute Gasteiger partial charge is 0.234 e. The van der Waals surface area contributed by atoms with Crippen molar-refractivity contribution in [3.8, 4) is 5.75 Å². The van der Waals surface area contributed by atoms with Crippen LogP contribution in [0.2, 0.25) is 5.02 Å². The minimum atomic E-state index is -0.159. The van der Waals surface area contributed by atoms with E-state index >= 15 is 0 Å². The topological polar surface area (TPSA) is 69.0 Å². The van der Waals surface area contributed by atoms with Crippen molar-refractivity contribution in [3.05, 3.63) is 64.9 Å². The van der Waals surface area contributed by atoms with E-state index in [0.717, 1.165) is 17.4 Å². The number of amides is 1. The Kier molecular flexibility index (Phi) is 5.78. The fourth-order valence-corrected chi connectivity index (χ4v) is 4.31. The van der Waals surface area contributed by atoms with Crippen molar-refractivity contribution in [1.29, 1.82) is 0 Å². The molecule has 1 fully saturated rings. The first-order valence-electron chi connectivity index (χ1n) is 9.27. The Balaban J connectivity index is 1.37. The lowest BCUT2D eigenvalue weighted by Crippen LogP contribution is -2.15. The Hall–Kier alpha value is -2.51. The third kappa shape index (κ3) is 4.41. The average molecular weight is 429 g/mol. The second-order valence-corrected chi connectivity index (χ2v) is 8.32. The maximum atomic E-state index is 12.4. The highest BCUT2D eigenvalue weighted by molar-refractivity contribution is 7.99. The van der Waals surface area contributed by atoms with Gasteiger partial charge in [-0.2, -0.15) is 0 Å². The molecule has 1 aliphatic carbocycles. The molecule has 2 atom stereocenters. The number of thioether (sulfide) groups is 1. The maximum Gasteiger partial charge on any atom is 0.234 e. The Morgan fingerprint density at radius 3 is 2.79 bits per heavy atom. The van der Waals surface area contributed by atoms with Crippen LogP contribution in [0.25, 0.3) is 0 Å². The summed E-state index contributed by atoms with van der Waals surface area (Å²) in [7, 11) is 3.51. The number of carbonyl (C=O) groups excluding carboxylic acids is 1. The molecule has 1 heterocycles. The highest BCUT2D eigenvalue weighted by Crippen LogP contribution is 2.54. The molecule has 0 spiro atoms. The molecular weight excluding hydrogens is 408 g/mol. The molecule has 1 aromatic heterocycles. The molecule has 4 rings (SSSR count). The zero-order valence-electron chi connectivity index (χ0n) is 16.1. The molecule has 1 amide bonds. The molecule has 1 aliphatic rings. The lowest BCUT2D eigenvalue weighted by atomic mass is 10.1. The van der Waals surface area contributed by atoms with Crippen molar-refractivity contribution in [1.82, 2.24) is 14.8 Å².